The number of fused-ring (bicyclic) bond motifs is 1. The van der Waals surface area contributed by atoms with Gasteiger partial charge in [-0.25, -0.2) is 4.98 Å². The van der Waals surface area contributed by atoms with Gasteiger partial charge >= 0.3 is 0 Å². The Labute approximate surface area is 109 Å². The maximum Gasteiger partial charge on any atom is 0.202 e. The number of anilines is 1. The summed E-state index contributed by atoms with van der Waals surface area (Å²) in [5.74, 6) is 0. The molecule has 0 saturated carbocycles. The van der Waals surface area contributed by atoms with Gasteiger partial charge in [0, 0.05) is 29.7 Å². The first-order valence-electron chi connectivity index (χ1n) is 5.76. The number of hydrogen-bond acceptors (Lipinski definition) is 5. The Morgan fingerprint density at radius 1 is 1.11 bits per heavy atom. The Bertz CT molecular complexity index is 631. The Morgan fingerprint density at radius 2 is 2.06 bits per heavy atom. The van der Waals surface area contributed by atoms with Crippen LogP contribution in [-0.4, -0.2) is 20.9 Å². The largest absolute Gasteiger partial charge is 0.360 e. The van der Waals surface area contributed by atoms with Crippen molar-refractivity contribution < 1.29 is 0 Å². The van der Waals surface area contributed by atoms with E-state index in [4.69, 9.17) is 0 Å². The van der Waals surface area contributed by atoms with Gasteiger partial charge in [0.05, 0.1) is 5.52 Å². The average molecular weight is 256 g/mol. The molecule has 0 aliphatic heterocycles. The number of aromatic nitrogens is 3. The van der Waals surface area contributed by atoms with Gasteiger partial charge in [0.25, 0.3) is 0 Å². The van der Waals surface area contributed by atoms with E-state index in [9.17, 15) is 0 Å². The molecule has 0 saturated heterocycles. The molecule has 0 bridgehead atoms. The molecule has 1 N–H and O–H groups in total. The molecule has 2 heterocycles. The molecular weight excluding hydrogens is 244 g/mol. The van der Waals surface area contributed by atoms with Gasteiger partial charge in [-0.05, 0) is 18.1 Å². The topological polar surface area (TPSA) is 50.7 Å². The summed E-state index contributed by atoms with van der Waals surface area (Å²) in [5.41, 5.74) is 2.34. The van der Waals surface area contributed by atoms with Gasteiger partial charge in [-0.2, -0.15) is 4.37 Å². The minimum atomic E-state index is 0.838. The van der Waals surface area contributed by atoms with Crippen LogP contribution in [0.25, 0.3) is 10.9 Å². The lowest BCUT2D eigenvalue weighted by molar-refractivity contribution is 1.02. The molecule has 0 fully saturated rings. The fourth-order valence-electron chi connectivity index (χ4n) is 1.92. The van der Waals surface area contributed by atoms with E-state index in [1.807, 2.05) is 12.3 Å². The van der Waals surface area contributed by atoms with Crippen LogP contribution >= 0.6 is 11.5 Å². The summed E-state index contributed by atoms with van der Waals surface area (Å²) in [6, 6.07) is 10.3. The molecule has 5 heteroatoms. The number of benzene rings is 1. The van der Waals surface area contributed by atoms with Crippen molar-refractivity contribution in [3.8, 4) is 0 Å². The molecule has 2 aromatic heterocycles. The molecule has 3 rings (SSSR count). The maximum atomic E-state index is 4.44. The summed E-state index contributed by atoms with van der Waals surface area (Å²) in [6.07, 6.45) is 4.32. The summed E-state index contributed by atoms with van der Waals surface area (Å²) in [5, 5.41) is 5.31. The maximum absolute atomic E-state index is 4.44. The highest BCUT2D eigenvalue weighted by Gasteiger charge is 2.02. The van der Waals surface area contributed by atoms with E-state index >= 15 is 0 Å². The quantitative estimate of drug-likeness (QED) is 0.779. The molecule has 4 nitrogen and oxygen atoms in total. The lowest BCUT2D eigenvalue weighted by Gasteiger charge is -2.05. The number of nitrogens with zero attached hydrogens (tertiary/aromatic N) is 3. The zero-order valence-electron chi connectivity index (χ0n) is 9.71. The van der Waals surface area contributed by atoms with E-state index in [0.717, 1.165) is 23.6 Å². The minimum absolute atomic E-state index is 0.838. The van der Waals surface area contributed by atoms with Gasteiger partial charge < -0.3 is 5.32 Å². The molecule has 3 aromatic rings. The second-order valence-electron chi connectivity index (χ2n) is 3.92. The minimum Gasteiger partial charge on any atom is -0.360 e. The Morgan fingerprint density at radius 3 is 2.94 bits per heavy atom. The van der Waals surface area contributed by atoms with Gasteiger partial charge in [0.15, 0.2) is 0 Å². The van der Waals surface area contributed by atoms with E-state index in [2.05, 4.69) is 43.9 Å². The van der Waals surface area contributed by atoms with Crippen molar-refractivity contribution in [1.82, 2.24) is 14.3 Å². The molecule has 0 unspecified atom stereocenters. The number of nitrogens with one attached hydrogen (secondary N) is 1. The molecule has 0 atom stereocenters. The highest BCUT2D eigenvalue weighted by atomic mass is 32.1. The zero-order chi connectivity index (χ0) is 12.2. The fourth-order valence-corrected chi connectivity index (χ4v) is 2.38. The van der Waals surface area contributed by atoms with Crippen LogP contribution in [0.15, 0.2) is 42.9 Å². The summed E-state index contributed by atoms with van der Waals surface area (Å²) in [4.78, 5) is 8.53. The van der Waals surface area contributed by atoms with Gasteiger partial charge in [0.1, 0.15) is 6.33 Å². The van der Waals surface area contributed by atoms with Crippen LogP contribution in [0.5, 0.6) is 0 Å². The van der Waals surface area contributed by atoms with Gasteiger partial charge in [-0.3, -0.25) is 4.98 Å². The summed E-state index contributed by atoms with van der Waals surface area (Å²) in [6.45, 7) is 0.838. The molecule has 0 aliphatic carbocycles. The molecule has 0 aliphatic rings. The van der Waals surface area contributed by atoms with E-state index in [-0.39, 0.29) is 0 Å². The van der Waals surface area contributed by atoms with Crippen LogP contribution in [0, 0.1) is 0 Å². The predicted molar refractivity (Wildman–Crippen MR) is 73.8 cm³/mol. The molecule has 1 aromatic carbocycles. The molecule has 0 amide bonds. The monoisotopic (exact) mass is 256 g/mol. The van der Waals surface area contributed by atoms with Crippen molar-refractivity contribution in [2.24, 2.45) is 0 Å². The molecule has 0 spiro atoms. The second-order valence-corrected chi connectivity index (χ2v) is 4.70. The highest BCUT2D eigenvalue weighted by Crippen LogP contribution is 2.16. The van der Waals surface area contributed by atoms with Crippen LogP contribution in [0.2, 0.25) is 0 Å². The lowest BCUT2D eigenvalue weighted by Crippen LogP contribution is -2.05. The van der Waals surface area contributed by atoms with Crippen molar-refractivity contribution >= 4 is 27.6 Å². The molecular formula is C13H12N4S. The SMILES string of the molecule is c1cnc2c(CCNc3ncns3)cccc2c1. The first-order chi connectivity index (χ1) is 8.93. The normalized spacial score (nSPS) is 10.7. The van der Waals surface area contributed by atoms with E-state index in [1.54, 1.807) is 6.33 Å². The predicted octanol–water partition coefficient (Wildman–Crippen LogP) is 2.74. The van der Waals surface area contributed by atoms with Crippen LogP contribution in [0.4, 0.5) is 5.13 Å². The number of hydrogen-bond donors (Lipinski definition) is 1. The standard InChI is InChI=1S/C13H12N4S/c1-3-10-5-2-7-14-12(10)11(4-1)6-8-15-13-16-9-17-18-13/h1-5,7,9H,6,8H2,(H,15,16,17). The zero-order valence-corrected chi connectivity index (χ0v) is 10.5. The Balaban J connectivity index is 1.74. The molecule has 90 valence electrons. The molecule has 0 radical (unpaired) electrons. The van der Waals surface area contributed by atoms with E-state index < -0.39 is 0 Å². The van der Waals surface area contributed by atoms with Crippen LogP contribution in [0.1, 0.15) is 5.56 Å². The van der Waals surface area contributed by atoms with Crippen LogP contribution in [-0.2, 0) is 6.42 Å². The van der Waals surface area contributed by atoms with Gasteiger partial charge in [-0.1, -0.05) is 24.3 Å². The van der Waals surface area contributed by atoms with Crippen molar-refractivity contribution in [2.75, 3.05) is 11.9 Å². The Hall–Kier alpha value is -2.01. The third kappa shape index (κ3) is 2.31. The smallest absolute Gasteiger partial charge is 0.202 e. The van der Waals surface area contributed by atoms with Crippen molar-refractivity contribution in [1.29, 1.82) is 0 Å². The Kier molecular flexibility index (Phi) is 3.14. The molecule has 18 heavy (non-hydrogen) atoms. The first-order valence-corrected chi connectivity index (χ1v) is 6.54. The average Bonchev–Trinajstić information content (AvgIpc) is 2.92. The fraction of sp³-hybridized carbons (Fsp3) is 0.154. The number of rotatable bonds is 4. The van der Waals surface area contributed by atoms with Crippen LogP contribution in [0.3, 0.4) is 0 Å². The van der Waals surface area contributed by atoms with Gasteiger partial charge in [0.2, 0.25) is 5.13 Å². The van der Waals surface area contributed by atoms with Crippen molar-refractivity contribution in [2.45, 2.75) is 6.42 Å². The van der Waals surface area contributed by atoms with Gasteiger partial charge in [-0.15, -0.1) is 0 Å². The highest BCUT2D eigenvalue weighted by molar-refractivity contribution is 7.09. The van der Waals surface area contributed by atoms with Crippen molar-refractivity contribution in [3.63, 3.8) is 0 Å². The third-order valence-electron chi connectivity index (χ3n) is 2.75. The lowest BCUT2D eigenvalue weighted by atomic mass is 10.1. The summed E-state index contributed by atoms with van der Waals surface area (Å²) in [7, 11) is 0. The summed E-state index contributed by atoms with van der Waals surface area (Å²) >= 11 is 1.37. The van der Waals surface area contributed by atoms with Crippen molar-refractivity contribution in [3.05, 3.63) is 48.4 Å². The summed E-state index contributed by atoms with van der Waals surface area (Å²) < 4.78 is 3.95. The second kappa shape index (κ2) is 5.10. The van der Waals surface area contributed by atoms with E-state index in [0.29, 0.717) is 0 Å². The first kappa shape index (κ1) is 11.1. The van der Waals surface area contributed by atoms with E-state index in [1.165, 1.54) is 22.5 Å². The van der Waals surface area contributed by atoms with Crippen LogP contribution < -0.4 is 5.32 Å². The third-order valence-corrected chi connectivity index (χ3v) is 3.37. The number of pyridine rings is 1. The number of para-hydroxylation sites is 1.